The highest BCUT2D eigenvalue weighted by atomic mass is 19.4. The Balaban J connectivity index is 2.43. The van der Waals surface area contributed by atoms with Crippen molar-refractivity contribution in [3.05, 3.63) is 47.7 Å². The van der Waals surface area contributed by atoms with E-state index in [9.17, 15) is 30.7 Å². The topological polar surface area (TPSA) is 29.3 Å². The van der Waals surface area contributed by atoms with Crippen LogP contribution in [-0.4, -0.2) is 28.9 Å². The average Bonchev–Trinajstić information content (AvgIpc) is 2.79. The third-order valence-electron chi connectivity index (χ3n) is 3.99. The lowest BCUT2D eigenvalue weighted by atomic mass is 10.1. The summed E-state index contributed by atoms with van der Waals surface area (Å²) in [7, 11) is 0. The molecule has 0 aliphatic heterocycles. The number of halogens is 7. The van der Waals surface area contributed by atoms with E-state index in [4.69, 9.17) is 0 Å². The van der Waals surface area contributed by atoms with Crippen molar-refractivity contribution in [2.24, 2.45) is 5.10 Å². The smallest absolute Gasteiger partial charge is 0.340 e. The number of aromatic nitrogens is 1. The second kappa shape index (κ2) is 6.90. The second-order valence-electron chi connectivity index (χ2n) is 5.94. The number of hydrazone groups is 1. The highest BCUT2D eigenvalue weighted by Gasteiger charge is 2.73. The zero-order chi connectivity index (χ0) is 20.6. The first-order chi connectivity index (χ1) is 12.3. The Morgan fingerprint density at radius 1 is 1.11 bits per heavy atom. The van der Waals surface area contributed by atoms with Gasteiger partial charge in [0.15, 0.2) is 0 Å². The molecule has 0 unspecified atom stereocenters. The number of fused-ring (bicyclic) bond motifs is 1. The minimum atomic E-state index is -6.42. The standard InChI is InChI=1S/C17H16F7N3/c1-4-7-27-11(3)13(12-8-10(2)5-6-14(12)27)9-25-26-17(23,24)15(18,19)16(20,21)22/h4-6,8-9,26H,1,7H2,2-3H3/b25-9+. The first-order valence-corrected chi connectivity index (χ1v) is 7.66. The zero-order valence-electron chi connectivity index (χ0n) is 14.3. The summed E-state index contributed by atoms with van der Waals surface area (Å²) >= 11 is 0. The minimum absolute atomic E-state index is 0.314. The number of hydrogen-bond donors (Lipinski definition) is 1. The van der Waals surface area contributed by atoms with Crippen molar-refractivity contribution >= 4 is 17.1 Å². The fourth-order valence-electron chi connectivity index (χ4n) is 2.58. The van der Waals surface area contributed by atoms with Crippen LogP contribution < -0.4 is 5.43 Å². The van der Waals surface area contributed by atoms with Crippen LogP contribution in [0.25, 0.3) is 10.9 Å². The Labute approximate surface area is 150 Å². The van der Waals surface area contributed by atoms with Crippen molar-refractivity contribution in [1.29, 1.82) is 0 Å². The number of benzene rings is 1. The third kappa shape index (κ3) is 3.65. The van der Waals surface area contributed by atoms with Gasteiger partial charge in [-0.25, -0.2) is 5.43 Å². The minimum Gasteiger partial charge on any atom is -0.340 e. The summed E-state index contributed by atoms with van der Waals surface area (Å²) in [4.78, 5) is 0. The molecule has 0 bridgehead atoms. The maximum Gasteiger partial charge on any atom is 0.462 e. The van der Waals surface area contributed by atoms with Crippen molar-refractivity contribution in [3.8, 4) is 0 Å². The molecule has 148 valence electrons. The summed E-state index contributed by atoms with van der Waals surface area (Å²) in [6, 6.07) is -0.284. The number of rotatable bonds is 6. The lowest BCUT2D eigenvalue weighted by Gasteiger charge is -2.27. The molecule has 1 aromatic carbocycles. The molecule has 3 nitrogen and oxygen atoms in total. The summed E-state index contributed by atoms with van der Waals surface area (Å²) in [6.07, 6.45) is -4.02. The molecule has 0 saturated carbocycles. The molecule has 1 heterocycles. The summed E-state index contributed by atoms with van der Waals surface area (Å²) in [5.74, 6) is -6.28. The molecule has 1 N–H and O–H groups in total. The van der Waals surface area contributed by atoms with Gasteiger partial charge in [-0.15, -0.1) is 6.58 Å². The van der Waals surface area contributed by atoms with Crippen LogP contribution in [0.4, 0.5) is 30.7 Å². The Morgan fingerprint density at radius 3 is 2.30 bits per heavy atom. The fourth-order valence-corrected chi connectivity index (χ4v) is 2.58. The van der Waals surface area contributed by atoms with E-state index < -0.39 is 18.1 Å². The van der Waals surface area contributed by atoms with Crippen molar-refractivity contribution in [2.75, 3.05) is 0 Å². The molecule has 27 heavy (non-hydrogen) atoms. The maximum atomic E-state index is 13.3. The van der Waals surface area contributed by atoms with E-state index in [-0.39, 0.29) is 0 Å². The van der Waals surface area contributed by atoms with Gasteiger partial charge in [-0.2, -0.15) is 35.8 Å². The number of nitrogens with zero attached hydrogens (tertiary/aromatic N) is 2. The molecule has 10 heteroatoms. The van der Waals surface area contributed by atoms with Crippen molar-refractivity contribution in [3.63, 3.8) is 0 Å². The van der Waals surface area contributed by atoms with E-state index in [1.54, 1.807) is 36.6 Å². The molecule has 0 radical (unpaired) electrons. The average molecular weight is 395 g/mol. The van der Waals surface area contributed by atoms with Crippen LogP contribution in [0.2, 0.25) is 0 Å². The van der Waals surface area contributed by atoms with E-state index in [2.05, 4.69) is 11.7 Å². The molecule has 0 saturated heterocycles. The lowest BCUT2D eigenvalue weighted by molar-refractivity contribution is -0.361. The molecule has 0 fully saturated rings. The zero-order valence-corrected chi connectivity index (χ0v) is 14.3. The number of hydrogen-bond acceptors (Lipinski definition) is 2. The van der Waals surface area contributed by atoms with Gasteiger partial charge in [0.1, 0.15) is 0 Å². The highest BCUT2D eigenvalue weighted by Crippen LogP contribution is 2.45. The van der Waals surface area contributed by atoms with Gasteiger partial charge in [0.05, 0.1) is 6.21 Å². The predicted octanol–water partition coefficient (Wildman–Crippen LogP) is 5.16. The van der Waals surface area contributed by atoms with Gasteiger partial charge < -0.3 is 4.57 Å². The second-order valence-corrected chi connectivity index (χ2v) is 5.94. The van der Waals surface area contributed by atoms with Gasteiger partial charge in [-0.05, 0) is 26.0 Å². The first-order valence-electron chi connectivity index (χ1n) is 7.66. The Kier molecular flexibility index (Phi) is 5.31. The Hall–Kier alpha value is -2.52. The summed E-state index contributed by atoms with van der Waals surface area (Å²) in [5.41, 5.74) is 3.07. The normalized spacial score (nSPS) is 13.5. The number of alkyl halides is 7. The van der Waals surface area contributed by atoms with Gasteiger partial charge >= 0.3 is 18.1 Å². The molecule has 2 rings (SSSR count). The van der Waals surface area contributed by atoms with Gasteiger partial charge in [0.2, 0.25) is 0 Å². The molecule has 0 aliphatic rings. The highest BCUT2D eigenvalue weighted by molar-refractivity contribution is 6.01. The van der Waals surface area contributed by atoms with Crippen LogP contribution in [0.5, 0.6) is 0 Å². The molecular weight excluding hydrogens is 379 g/mol. The van der Waals surface area contributed by atoms with Gasteiger partial charge in [-0.1, -0.05) is 17.7 Å². The molecule has 0 aliphatic carbocycles. The quantitative estimate of drug-likeness (QED) is 0.237. The van der Waals surface area contributed by atoms with E-state index in [0.717, 1.165) is 11.8 Å². The predicted molar refractivity (Wildman–Crippen MR) is 88.3 cm³/mol. The van der Waals surface area contributed by atoms with E-state index in [0.29, 0.717) is 34.1 Å². The third-order valence-corrected chi connectivity index (χ3v) is 3.99. The van der Waals surface area contributed by atoms with E-state index in [1.165, 1.54) is 0 Å². The van der Waals surface area contributed by atoms with Crippen LogP contribution in [-0.2, 0) is 6.54 Å². The molecule has 0 atom stereocenters. The van der Waals surface area contributed by atoms with Crippen molar-refractivity contribution in [2.45, 2.75) is 38.5 Å². The molecule has 0 amide bonds. The van der Waals surface area contributed by atoms with Gasteiger partial charge in [0, 0.05) is 28.7 Å². The summed E-state index contributed by atoms with van der Waals surface area (Å²) < 4.78 is 90.6. The van der Waals surface area contributed by atoms with Gasteiger partial charge in [-0.3, -0.25) is 0 Å². The summed E-state index contributed by atoms with van der Waals surface area (Å²) in [6.45, 7) is 7.43. The van der Waals surface area contributed by atoms with Crippen molar-refractivity contribution < 1.29 is 30.7 Å². The Morgan fingerprint density at radius 2 is 1.74 bits per heavy atom. The van der Waals surface area contributed by atoms with Crippen LogP contribution in [0.15, 0.2) is 36.0 Å². The molecule has 0 spiro atoms. The first kappa shape index (κ1) is 20.8. The Bertz CT molecular complexity index is 879. The van der Waals surface area contributed by atoms with Crippen LogP contribution in [0, 0.1) is 13.8 Å². The SMILES string of the molecule is C=CCn1c(C)c(/C=N/NC(F)(F)C(F)(F)C(F)(F)F)c2cc(C)ccc21. The van der Waals surface area contributed by atoms with Crippen LogP contribution in [0.1, 0.15) is 16.8 Å². The lowest BCUT2D eigenvalue weighted by Crippen LogP contribution is -2.58. The van der Waals surface area contributed by atoms with Gasteiger partial charge in [0.25, 0.3) is 0 Å². The molecule has 1 aromatic heterocycles. The molecule has 2 aromatic rings. The number of allylic oxidation sites excluding steroid dienone is 1. The maximum absolute atomic E-state index is 13.3. The van der Waals surface area contributed by atoms with E-state index in [1.807, 2.05) is 6.07 Å². The monoisotopic (exact) mass is 395 g/mol. The fraction of sp³-hybridized carbons (Fsp3) is 0.353. The van der Waals surface area contributed by atoms with Crippen LogP contribution in [0.3, 0.4) is 0 Å². The largest absolute Gasteiger partial charge is 0.462 e. The van der Waals surface area contributed by atoms with Crippen molar-refractivity contribution in [1.82, 2.24) is 9.99 Å². The number of aryl methyl sites for hydroxylation is 1. The number of nitrogens with one attached hydrogen (secondary N) is 1. The van der Waals surface area contributed by atoms with E-state index >= 15 is 0 Å². The van der Waals surface area contributed by atoms with Crippen LogP contribution >= 0.6 is 0 Å². The summed E-state index contributed by atoms with van der Waals surface area (Å²) in [5, 5.41) is 3.55. The molecular formula is C17H16F7N3.